The third kappa shape index (κ3) is 3.62. The smallest absolute Gasteiger partial charge is 0.172 e. The predicted octanol–water partition coefficient (Wildman–Crippen LogP) is 3.90. The molecule has 92 valence electrons. The Morgan fingerprint density at radius 2 is 1.67 bits per heavy atom. The molecule has 0 amide bonds. The highest BCUT2D eigenvalue weighted by Gasteiger charge is 1.99. The van der Waals surface area contributed by atoms with Crippen LogP contribution in [0.4, 0.5) is 0 Å². The average Bonchev–Trinajstić information content (AvgIpc) is 2.38. The Labute approximate surface area is 117 Å². The fourth-order valence-corrected chi connectivity index (χ4v) is 2.35. The number of halogens is 1. The fraction of sp³-hybridized carbons (Fsp3) is 0.0714. The van der Waals surface area contributed by atoms with Gasteiger partial charge in [0, 0.05) is 10.7 Å². The summed E-state index contributed by atoms with van der Waals surface area (Å²) in [5.74, 6) is 0. The molecule has 4 heteroatoms. The minimum Gasteiger partial charge on any atom is -0.229 e. The molecule has 0 saturated heterocycles. The first kappa shape index (κ1) is 13.2. The van der Waals surface area contributed by atoms with Crippen molar-refractivity contribution in [3.8, 4) is 0 Å². The van der Waals surface area contributed by atoms with E-state index >= 15 is 0 Å². The Kier molecular flexibility index (Phi) is 4.44. The predicted molar refractivity (Wildman–Crippen MR) is 79.3 cm³/mol. The van der Waals surface area contributed by atoms with Gasteiger partial charge in [-0.3, -0.25) is 0 Å². The van der Waals surface area contributed by atoms with E-state index in [1.165, 1.54) is 0 Å². The van der Waals surface area contributed by atoms with E-state index in [4.69, 9.17) is 0 Å². The van der Waals surface area contributed by atoms with Crippen molar-refractivity contribution in [3.05, 3.63) is 64.1 Å². The summed E-state index contributed by atoms with van der Waals surface area (Å²) in [5.41, 5.74) is 2.08. The van der Waals surface area contributed by atoms with Gasteiger partial charge in [-0.1, -0.05) is 45.8 Å². The third-order valence-corrected chi connectivity index (χ3v) is 3.89. The Balaban J connectivity index is 2.11. The van der Waals surface area contributed by atoms with Crippen molar-refractivity contribution < 1.29 is 4.21 Å². The van der Waals surface area contributed by atoms with E-state index in [1.54, 1.807) is 6.21 Å². The van der Waals surface area contributed by atoms with Gasteiger partial charge >= 0.3 is 0 Å². The zero-order valence-corrected chi connectivity index (χ0v) is 12.2. The summed E-state index contributed by atoms with van der Waals surface area (Å²) in [6, 6.07) is 15.2. The van der Waals surface area contributed by atoms with Crippen LogP contribution in [0, 0.1) is 6.92 Å². The molecule has 0 aliphatic heterocycles. The van der Waals surface area contributed by atoms with Gasteiger partial charge in [0.05, 0.1) is 4.90 Å². The highest BCUT2D eigenvalue weighted by Crippen LogP contribution is 2.11. The molecule has 2 rings (SSSR count). The molecule has 0 N–H and O–H groups in total. The number of nitrogens with zero attached hydrogens (tertiary/aromatic N) is 1. The van der Waals surface area contributed by atoms with Crippen LogP contribution in [-0.4, -0.2) is 10.4 Å². The summed E-state index contributed by atoms with van der Waals surface area (Å²) in [7, 11) is -1.34. The summed E-state index contributed by atoms with van der Waals surface area (Å²) in [6.07, 6.45) is 1.63. The van der Waals surface area contributed by atoms with Crippen LogP contribution in [0.5, 0.6) is 0 Å². The molecular weight excluding hydrogens is 310 g/mol. The highest BCUT2D eigenvalue weighted by molar-refractivity contribution is 9.10. The quantitative estimate of drug-likeness (QED) is 0.788. The molecular formula is C14H12BrNOS. The van der Waals surface area contributed by atoms with Crippen molar-refractivity contribution >= 4 is 33.1 Å². The van der Waals surface area contributed by atoms with E-state index in [0.29, 0.717) is 4.90 Å². The number of hydrogen-bond acceptors (Lipinski definition) is 1. The van der Waals surface area contributed by atoms with Gasteiger partial charge in [0.2, 0.25) is 0 Å². The van der Waals surface area contributed by atoms with Crippen LogP contribution in [0.2, 0.25) is 0 Å². The summed E-state index contributed by atoms with van der Waals surface area (Å²) < 4.78 is 17.0. The molecule has 0 radical (unpaired) electrons. The molecule has 0 saturated carbocycles. The molecule has 2 aromatic carbocycles. The molecule has 0 fully saturated rings. The summed E-state index contributed by atoms with van der Waals surface area (Å²) in [6.45, 7) is 2.00. The second-order valence-corrected chi connectivity index (χ2v) is 5.94. The highest BCUT2D eigenvalue weighted by atomic mass is 79.9. The van der Waals surface area contributed by atoms with Crippen molar-refractivity contribution in [2.75, 3.05) is 0 Å². The monoisotopic (exact) mass is 321 g/mol. The van der Waals surface area contributed by atoms with Crippen molar-refractivity contribution in [2.24, 2.45) is 4.40 Å². The van der Waals surface area contributed by atoms with E-state index in [1.807, 2.05) is 55.5 Å². The van der Waals surface area contributed by atoms with Gasteiger partial charge in [0.1, 0.15) is 0 Å². The zero-order valence-electron chi connectivity index (χ0n) is 9.84. The van der Waals surface area contributed by atoms with E-state index in [-0.39, 0.29) is 0 Å². The van der Waals surface area contributed by atoms with Gasteiger partial charge in [0.25, 0.3) is 0 Å². The number of aryl methyl sites for hydroxylation is 1. The summed E-state index contributed by atoms with van der Waals surface area (Å²) >= 11 is 3.36. The lowest BCUT2D eigenvalue weighted by atomic mass is 10.2. The number of benzene rings is 2. The van der Waals surface area contributed by atoms with Gasteiger partial charge in [-0.2, -0.15) is 4.40 Å². The van der Waals surface area contributed by atoms with Crippen molar-refractivity contribution in [3.63, 3.8) is 0 Å². The van der Waals surface area contributed by atoms with Gasteiger partial charge in [-0.25, -0.2) is 4.21 Å². The molecule has 0 spiro atoms. The van der Waals surface area contributed by atoms with Crippen LogP contribution in [-0.2, 0) is 11.0 Å². The lowest BCUT2D eigenvalue weighted by Crippen LogP contribution is -1.89. The standard InChI is InChI=1S/C14H12BrNOS/c1-11-2-8-14(9-3-11)18(17)16-10-12-4-6-13(15)7-5-12/h2-10H,1H3/b16-10+. The van der Waals surface area contributed by atoms with Crippen LogP contribution in [0.25, 0.3) is 0 Å². The Hall–Kier alpha value is -1.26. The van der Waals surface area contributed by atoms with Crippen molar-refractivity contribution in [1.29, 1.82) is 0 Å². The number of rotatable bonds is 3. The number of hydrogen-bond donors (Lipinski definition) is 0. The zero-order chi connectivity index (χ0) is 13.0. The second-order valence-electron chi connectivity index (χ2n) is 3.85. The first-order valence-electron chi connectivity index (χ1n) is 5.43. The lowest BCUT2D eigenvalue weighted by molar-refractivity contribution is 0.684. The lowest BCUT2D eigenvalue weighted by Gasteiger charge is -1.97. The molecule has 0 aliphatic carbocycles. The van der Waals surface area contributed by atoms with Crippen LogP contribution in [0.1, 0.15) is 11.1 Å². The minimum atomic E-state index is -1.34. The summed E-state index contributed by atoms with van der Waals surface area (Å²) in [5, 5.41) is 0. The van der Waals surface area contributed by atoms with Crippen LogP contribution < -0.4 is 0 Å². The molecule has 1 unspecified atom stereocenters. The first-order chi connectivity index (χ1) is 8.65. The minimum absolute atomic E-state index is 0.717. The molecule has 0 bridgehead atoms. The molecule has 18 heavy (non-hydrogen) atoms. The topological polar surface area (TPSA) is 29.4 Å². The normalized spacial score (nSPS) is 12.8. The largest absolute Gasteiger partial charge is 0.229 e. The Morgan fingerprint density at radius 1 is 1.06 bits per heavy atom. The van der Waals surface area contributed by atoms with Gasteiger partial charge in [0.15, 0.2) is 11.0 Å². The molecule has 0 heterocycles. The van der Waals surface area contributed by atoms with E-state index in [9.17, 15) is 4.21 Å². The van der Waals surface area contributed by atoms with Crippen LogP contribution >= 0.6 is 15.9 Å². The van der Waals surface area contributed by atoms with Crippen molar-refractivity contribution in [1.82, 2.24) is 0 Å². The molecule has 2 nitrogen and oxygen atoms in total. The van der Waals surface area contributed by atoms with Gasteiger partial charge in [-0.05, 0) is 36.8 Å². The second kappa shape index (κ2) is 6.07. The molecule has 0 aromatic heterocycles. The maximum Gasteiger partial charge on any atom is 0.172 e. The van der Waals surface area contributed by atoms with Crippen molar-refractivity contribution in [2.45, 2.75) is 11.8 Å². The van der Waals surface area contributed by atoms with Crippen LogP contribution in [0.15, 0.2) is 62.3 Å². The molecule has 2 aromatic rings. The SMILES string of the molecule is Cc1ccc(S(=O)/N=C/c2ccc(Br)cc2)cc1. The third-order valence-electron chi connectivity index (χ3n) is 2.39. The summed E-state index contributed by atoms with van der Waals surface area (Å²) in [4.78, 5) is 0.717. The maximum absolute atomic E-state index is 11.9. The van der Waals surface area contributed by atoms with Gasteiger partial charge < -0.3 is 0 Å². The average molecular weight is 322 g/mol. The van der Waals surface area contributed by atoms with Crippen LogP contribution in [0.3, 0.4) is 0 Å². The fourth-order valence-electron chi connectivity index (χ4n) is 1.37. The first-order valence-corrected chi connectivity index (χ1v) is 7.33. The van der Waals surface area contributed by atoms with Gasteiger partial charge in [-0.15, -0.1) is 0 Å². The Bertz CT molecular complexity index is 576. The maximum atomic E-state index is 11.9. The Morgan fingerprint density at radius 3 is 2.28 bits per heavy atom. The van der Waals surface area contributed by atoms with E-state index in [0.717, 1.165) is 15.6 Å². The van der Waals surface area contributed by atoms with E-state index < -0.39 is 11.0 Å². The molecule has 1 atom stereocenters. The molecule has 0 aliphatic rings. The van der Waals surface area contributed by atoms with E-state index in [2.05, 4.69) is 20.3 Å².